The Morgan fingerprint density at radius 1 is 0.963 bits per heavy atom. The molecule has 3 N–H and O–H groups in total. The normalized spacial score (nSPS) is 12.3. The maximum Gasteiger partial charge on any atom is 0.417 e. The van der Waals surface area contributed by atoms with E-state index in [9.17, 15) is 32.7 Å². The lowest BCUT2D eigenvalue weighted by atomic mass is 10.0. The largest absolute Gasteiger partial charge is 0.480 e. The number of halogens is 3. The van der Waals surface area contributed by atoms with Crippen molar-refractivity contribution in [1.82, 2.24) is 5.32 Å². The molecule has 2 aromatic rings. The molecule has 0 aliphatic rings. The molecule has 0 aliphatic carbocycles. The number of aliphatic carboxylic acids is 1. The first-order chi connectivity index (χ1) is 12.6. The summed E-state index contributed by atoms with van der Waals surface area (Å²) in [6.07, 6.45) is -4.99. The number of carbonyl (C=O) groups excluding carboxylic acids is 1. The molecule has 0 heterocycles. The van der Waals surface area contributed by atoms with Crippen LogP contribution in [0.25, 0.3) is 0 Å². The predicted molar refractivity (Wildman–Crippen MR) is 87.4 cm³/mol. The molecule has 9 heteroatoms. The smallest absolute Gasteiger partial charge is 0.417 e. The van der Waals surface area contributed by atoms with Crippen LogP contribution in [0.15, 0.2) is 48.5 Å². The van der Waals surface area contributed by atoms with Gasteiger partial charge in [0.15, 0.2) is 0 Å². The Kier molecular flexibility index (Phi) is 5.84. The molecule has 0 fully saturated rings. The van der Waals surface area contributed by atoms with Gasteiger partial charge in [0.1, 0.15) is 6.04 Å². The van der Waals surface area contributed by atoms with Gasteiger partial charge in [0.05, 0.1) is 16.7 Å². The van der Waals surface area contributed by atoms with Gasteiger partial charge in [-0.15, -0.1) is 0 Å². The van der Waals surface area contributed by atoms with Crippen LogP contribution >= 0.6 is 0 Å². The van der Waals surface area contributed by atoms with Crippen LogP contribution < -0.4 is 5.32 Å². The lowest BCUT2D eigenvalue weighted by Gasteiger charge is -2.17. The summed E-state index contributed by atoms with van der Waals surface area (Å²) in [7, 11) is 0. The first-order valence-corrected chi connectivity index (χ1v) is 7.61. The van der Waals surface area contributed by atoms with Gasteiger partial charge in [0.25, 0.3) is 5.91 Å². The molecule has 0 unspecified atom stereocenters. The summed E-state index contributed by atoms with van der Waals surface area (Å²) in [5.74, 6) is -3.76. The van der Waals surface area contributed by atoms with E-state index >= 15 is 0 Å². The number of hydrogen-bond acceptors (Lipinski definition) is 3. The molecule has 2 aromatic carbocycles. The topological polar surface area (TPSA) is 104 Å². The number of nitrogens with one attached hydrogen (secondary N) is 1. The van der Waals surface area contributed by atoms with Crippen molar-refractivity contribution >= 4 is 17.8 Å². The van der Waals surface area contributed by atoms with Crippen LogP contribution in [0.1, 0.15) is 31.8 Å². The average molecular weight is 381 g/mol. The van der Waals surface area contributed by atoms with E-state index in [1.807, 2.05) is 0 Å². The molecule has 0 aromatic heterocycles. The average Bonchev–Trinajstić information content (AvgIpc) is 2.60. The highest BCUT2D eigenvalue weighted by molar-refractivity contribution is 5.98. The summed E-state index contributed by atoms with van der Waals surface area (Å²) in [4.78, 5) is 34.4. The van der Waals surface area contributed by atoms with Crippen molar-refractivity contribution in [2.24, 2.45) is 0 Å². The zero-order chi connectivity index (χ0) is 20.2. The lowest BCUT2D eigenvalue weighted by molar-refractivity contribution is -0.139. The second-order valence-corrected chi connectivity index (χ2v) is 5.61. The Morgan fingerprint density at radius 2 is 1.56 bits per heavy atom. The number of carboxylic acids is 2. The minimum Gasteiger partial charge on any atom is -0.480 e. The Hall–Kier alpha value is -3.36. The van der Waals surface area contributed by atoms with Crippen molar-refractivity contribution in [3.8, 4) is 0 Å². The highest BCUT2D eigenvalue weighted by atomic mass is 19.4. The lowest BCUT2D eigenvalue weighted by Crippen LogP contribution is -2.42. The van der Waals surface area contributed by atoms with Crippen LogP contribution in [-0.2, 0) is 17.4 Å². The van der Waals surface area contributed by atoms with Gasteiger partial charge in [0, 0.05) is 6.42 Å². The number of carbonyl (C=O) groups is 3. The minimum atomic E-state index is -4.76. The summed E-state index contributed by atoms with van der Waals surface area (Å²) in [6, 6.07) is 7.82. The molecule has 0 spiro atoms. The molecule has 0 aliphatic heterocycles. The van der Waals surface area contributed by atoms with E-state index in [1.165, 1.54) is 30.3 Å². The molecule has 2 rings (SSSR count). The van der Waals surface area contributed by atoms with Gasteiger partial charge in [0.2, 0.25) is 0 Å². The van der Waals surface area contributed by atoms with Crippen LogP contribution in [0, 0.1) is 0 Å². The quantitative estimate of drug-likeness (QED) is 0.714. The SMILES string of the molecule is O=C(O)c1ccc(C[C@@H](NC(=O)c2ccccc2C(F)(F)F)C(=O)O)cc1. The van der Waals surface area contributed by atoms with E-state index in [2.05, 4.69) is 5.32 Å². The summed E-state index contributed by atoms with van der Waals surface area (Å²) in [5, 5.41) is 20.2. The van der Waals surface area contributed by atoms with E-state index in [-0.39, 0.29) is 12.0 Å². The number of aromatic carboxylic acids is 1. The van der Waals surface area contributed by atoms with E-state index in [0.717, 1.165) is 18.2 Å². The van der Waals surface area contributed by atoms with E-state index in [4.69, 9.17) is 5.11 Å². The molecule has 1 atom stereocenters. The Bertz CT molecular complexity index is 862. The Balaban J connectivity index is 2.20. The monoisotopic (exact) mass is 381 g/mol. The first-order valence-electron chi connectivity index (χ1n) is 7.61. The summed E-state index contributed by atoms with van der Waals surface area (Å²) in [5.41, 5.74) is -1.46. The fraction of sp³-hybridized carbons (Fsp3) is 0.167. The molecule has 27 heavy (non-hydrogen) atoms. The molecule has 0 bridgehead atoms. The van der Waals surface area contributed by atoms with Gasteiger partial charge in [-0.1, -0.05) is 24.3 Å². The number of carboxylic acid groups (broad SMARTS) is 2. The highest BCUT2D eigenvalue weighted by Crippen LogP contribution is 2.31. The van der Waals surface area contributed by atoms with Crippen LogP contribution in [0.5, 0.6) is 0 Å². The molecule has 1 amide bonds. The fourth-order valence-electron chi connectivity index (χ4n) is 2.38. The zero-order valence-corrected chi connectivity index (χ0v) is 13.7. The van der Waals surface area contributed by atoms with Gasteiger partial charge in [-0.25, -0.2) is 9.59 Å². The van der Waals surface area contributed by atoms with Crippen LogP contribution in [0.4, 0.5) is 13.2 Å². The van der Waals surface area contributed by atoms with Crippen molar-refractivity contribution in [3.05, 3.63) is 70.8 Å². The summed E-state index contributed by atoms with van der Waals surface area (Å²) >= 11 is 0. The van der Waals surface area contributed by atoms with Crippen molar-refractivity contribution in [1.29, 1.82) is 0 Å². The third-order valence-corrected chi connectivity index (χ3v) is 3.72. The van der Waals surface area contributed by atoms with Gasteiger partial charge in [-0.05, 0) is 29.8 Å². The van der Waals surface area contributed by atoms with Crippen molar-refractivity contribution in [2.75, 3.05) is 0 Å². The van der Waals surface area contributed by atoms with Crippen LogP contribution in [-0.4, -0.2) is 34.1 Å². The predicted octanol–water partition coefficient (Wildman–Crippen LogP) is 2.83. The maximum atomic E-state index is 13.0. The van der Waals surface area contributed by atoms with Gasteiger partial charge >= 0.3 is 18.1 Å². The molecule has 6 nitrogen and oxygen atoms in total. The third-order valence-electron chi connectivity index (χ3n) is 3.72. The third kappa shape index (κ3) is 5.06. The maximum absolute atomic E-state index is 13.0. The van der Waals surface area contributed by atoms with Crippen molar-refractivity contribution in [2.45, 2.75) is 18.6 Å². The number of amides is 1. The highest BCUT2D eigenvalue weighted by Gasteiger charge is 2.35. The van der Waals surface area contributed by atoms with Crippen molar-refractivity contribution in [3.63, 3.8) is 0 Å². The number of benzene rings is 2. The van der Waals surface area contributed by atoms with Gasteiger partial charge in [-0.3, -0.25) is 4.79 Å². The molecular formula is C18H14F3NO5. The molecule has 0 saturated heterocycles. The Labute approximate surface area is 151 Å². The number of alkyl halides is 3. The van der Waals surface area contributed by atoms with E-state index in [1.54, 1.807) is 0 Å². The van der Waals surface area contributed by atoms with Crippen molar-refractivity contribution < 1.29 is 37.8 Å². The first kappa shape index (κ1) is 20.0. The van der Waals surface area contributed by atoms with Gasteiger partial charge < -0.3 is 15.5 Å². The number of rotatable bonds is 6. The molecule has 142 valence electrons. The Morgan fingerprint density at radius 3 is 2.07 bits per heavy atom. The fourth-order valence-corrected chi connectivity index (χ4v) is 2.38. The van der Waals surface area contributed by atoms with Crippen LogP contribution in [0.3, 0.4) is 0 Å². The summed E-state index contributed by atoms with van der Waals surface area (Å²) in [6.45, 7) is 0. The number of hydrogen-bond donors (Lipinski definition) is 3. The second-order valence-electron chi connectivity index (χ2n) is 5.61. The second kappa shape index (κ2) is 7.90. The summed E-state index contributed by atoms with van der Waals surface area (Å²) < 4.78 is 39.0. The van der Waals surface area contributed by atoms with E-state index in [0.29, 0.717) is 5.56 Å². The molecule has 0 saturated carbocycles. The zero-order valence-electron chi connectivity index (χ0n) is 13.7. The standard InChI is InChI=1S/C18H14F3NO5/c19-18(20,21)13-4-2-1-3-12(13)15(23)22-14(17(26)27)9-10-5-7-11(8-6-10)16(24)25/h1-8,14H,9H2,(H,22,23)(H,24,25)(H,26,27)/t14-/m1/s1. The molecule has 0 radical (unpaired) electrons. The van der Waals surface area contributed by atoms with E-state index < -0.39 is 41.2 Å². The van der Waals surface area contributed by atoms with Crippen LogP contribution in [0.2, 0.25) is 0 Å². The van der Waals surface area contributed by atoms with Gasteiger partial charge in [-0.2, -0.15) is 13.2 Å². The molecular weight excluding hydrogens is 367 g/mol. The minimum absolute atomic E-state index is 0.00577.